The van der Waals surface area contributed by atoms with Gasteiger partial charge in [-0.2, -0.15) is 0 Å². The lowest BCUT2D eigenvalue weighted by Crippen LogP contribution is -2.37. The van der Waals surface area contributed by atoms with Crippen molar-refractivity contribution in [2.24, 2.45) is 5.92 Å². The Labute approximate surface area is 112 Å². The zero-order chi connectivity index (χ0) is 13.8. The van der Waals surface area contributed by atoms with E-state index in [1.165, 1.54) is 0 Å². The van der Waals surface area contributed by atoms with E-state index in [1.54, 1.807) is 0 Å². The summed E-state index contributed by atoms with van der Waals surface area (Å²) in [7, 11) is 0. The van der Waals surface area contributed by atoms with Gasteiger partial charge in [-0.15, -0.1) is 0 Å². The molecule has 1 fully saturated rings. The predicted molar refractivity (Wildman–Crippen MR) is 71.7 cm³/mol. The van der Waals surface area contributed by atoms with Gasteiger partial charge in [0.25, 0.3) is 0 Å². The van der Waals surface area contributed by atoms with E-state index in [9.17, 15) is 9.59 Å². The molecule has 1 aromatic carbocycles. The maximum absolute atomic E-state index is 12.0. The minimum atomic E-state index is -0.903. The zero-order valence-corrected chi connectivity index (χ0v) is 11.1. The average Bonchev–Trinajstić information content (AvgIpc) is 2.26. The zero-order valence-electron chi connectivity index (χ0n) is 11.1. The van der Waals surface area contributed by atoms with Crippen LogP contribution in [0.25, 0.3) is 0 Å². The Bertz CT molecular complexity index is 463. The van der Waals surface area contributed by atoms with Gasteiger partial charge in [0.05, 0.1) is 12.5 Å². The third-order valence-electron chi connectivity index (χ3n) is 3.65. The van der Waals surface area contributed by atoms with Crippen LogP contribution >= 0.6 is 0 Å². The minimum Gasteiger partial charge on any atom is -0.481 e. The van der Waals surface area contributed by atoms with Crippen molar-refractivity contribution in [3.8, 4) is 0 Å². The highest BCUT2D eigenvalue weighted by Crippen LogP contribution is 2.28. The second-order valence-corrected chi connectivity index (χ2v) is 5.20. The summed E-state index contributed by atoms with van der Waals surface area (Å²) in [6, 6.07) is 7.18. The molecule has 1 aliphatic carbocycles. The summed E-state index contributed by atoms with van der Waals surface area (Å²) in [5, 5.41) is 11.8. The number of nitrogens with one attached hydrogen (secondary N) is 1. The fraction of sp³-hybridized carbons (Fsp3) is 0.467. The van der Waals surface area contributed by atoms with Crippen molar-refractivity contribution in [1.29, 1.82) is 0 Å². The lowest BCUT2D eigenvalue weighted by molar-refractivity contribution is -0.138. The van der Waals surface area contributed by atoms with Crippen LogP contribution < -0.4 is 5.32 Å². The Kier molecular flexibility index (Phi) is 4.20. The van der Waals surface area contributed by atoms with Crippen LogP contribution in [-0.4, -0.2) is 17.0 Å². The van der Waals surface area contributed by atoms with Crippen molar-refractivity contribution in [2.45, 2.75) is 38.6 Å². The number of carboxylic acids is 1. The van der Waals surface area contributed by atoms with Crippen molar-refractivity contribution in [3.63, 3.8) is 0 Å². The molecule has 1 saturated carbocycles. The van der Waals surface area contributed by atoms with Gasteiger partial charge in [0, 0.05) is 5.92 Å². The standard InChI is InChI=1S/C15H19NO3/c1-10-5-7-11(8-6-10)13(9-14(17)18)16-15(19)12-3-2-4-12/h5-8,12-13H,2-4,9H2,1H3,(H,16,19)(H,17,18)/t13-/m1/s1. The maximum Gasteiger partial charge on any atom is 0.305 e. The lowest BCUT2D eigenvalue weighted by atomic mass is 9.84. The highest BCUT2D eigenvalue weighted by Gasteiger charge is 2.28. The maximum atomic E-state index is 12.0. The van der Waals surface area contributed by atoms with Gasteiger partial charge in [-0.3, -0.25) is 9.59 Å². The van der Waals surface area contributed by atoms with Gasteiger partial charge in [-0.25, -0.2) is 0 Å². The number of benzene rings is 1. The molecule has 1 aliphatic rings. The van der Waals surface area contributed by atoms with Crippen molar-refractivity contribution < 1.29 is 14.7 Å². The van der Waals surface area contributed by atoms with Crippen LogP contribution in [-0.2, 0) is 9.59 Å². The largest absolute Gasteiger partial charge is 0.481 e. The van der Waals surface area contributed by atoms with Crippen molar-refractivity contribution in [3.05, 3.63) is 35.4 Å². The highest BCUT2D eigenvalue weighted by molar-refractivity contribution is 5.80. The van der Waals surface area contributed by atoms with Gasteiger partial charge in [0.15, 0.2) is 0 Å². The number of carboxylic acid groups (broad SMARTS) is 1. The molecule has 2 rings (SSSR count). The summed E-state index contributed by atoms with van der Waals surface area (Å²) in [5.41, 5.74) is 1.96. The summed E-state index contributed by atoms with van der Waals surface area (Å²) in [5.74, 6) is -0.848. The van der Waals surface area contributed by atoms with Crippen molar-refractivity contribution >= 4 is 11.9 Å². The number of amides is 1. The Morgan fingerprint density at radius 1 is 1.32 bits per heavy atom. The van der Waals surface area contributed by atoms with Crippen LogP contribution in [0.2, 0.25) is 0 Å². The molecule has 0 bridgehead atoms. The monoisotopic (exact) mass is 261 g/mol. The van der Waals surface area contributed by atoms with Crippen molar-refractivity contribution in [1.82, 2.24) is 5.32 Å². The summed E-state index contributed by atoms with van der Waals surface area (Å²) < 4.78 is 0. The fourth-order valence-corrected chi connectivity index (χ4v) is 2.19. The first-order chi connectivity index (χ1) is 9.06. The molecule has 0 heterocycles. The smallest absolute Gasteiger partial charge is 0.305 e. The number of hydrogen-bond acceptors (Lipinski definition) is 2. The van der Waals surface area contributed by atoms with Gasteiger partial charge in [0.2, 0.25) is 5.91 Å². The van der Waals surface area contributed by atoms with Crippen LogP contribution in [0.1, 0.15) is 42.9 Å². The number of hydrogen-bond donors (Lipinski definition) is 2. The Balaban J connectivity index is 2.08. The molecule has 19 heavy (non-hydrogen) atoms. The van der Waals surface area contributed by atoms with Crippen LogP contribution in [0.5, 0.6) is 0 Å². The molecule has 1 atom stereocenters. The number of aliphatic carboxylic acids is 1. The Hall–Kier alpha value is -1.84. The van der Waals surface area contributed by atoms with E-state index in [4.69, 9.17) is 5.11 Å². The molecule has 0 aromatic heterocycles. The van der Waals surface area contributed by atoms with E-state index in [0.29, 0.717) is 0 Å². The molecule has 102 valence electrons. The highest BCUT2D eigenvalue weighted by atomic mass is 16.4. The molecule has 0 unspecified atom stereocenters. The minimum absolute atomic E-state index is 0.0157. The van der Waals surface area contributed by atoms with Gasteiger partial charge >= 0.3 is 5.97 Å². The van der Waals surface area contributed by atoms with E-state index in [0.717, 1.165) is 30.4 Å². The number of rotatable bonds is 5. The molecule has 2 N–H and O–H groups in total. The third-order valence-corrected chi connectivity index (χ3v) is 3.65. The number of aryl methyl sites for hydroxylation is 1. The van der Waals surface area contributed by atoms with E-state index in [2.05, 4.69) is 5.32 Å². The van der Waals surface area contributed by atoms with Gasteiger partial charge < -0.3 is 10.4 Å². The molecule has 4 nitrogen and oxygen atoms in total. The SMILES string of the molecule is Cc1ccc([C@@H](CC(=O)O)NC(=O)C2CCC2)cc1. The molecule has 0 aliphatic heterocycles. The van der Waals surface area contributed by atoms with E-state index < -0.39 is 12.0 Å². The van der Waals surface area contributed by atoms with Crippen LogP contribution in [0, 0.1) is 12.8 Å². The molecular weight excluding hydrogens is 242 g/mol. The second-order valence-electron chi connectivity index (χ2n) is 5.20. The molecule has 0 saturated heterocycles. The fourth-order valence-electron chi connectivity index (χ4n) is 2.19. The van der Waals surface area contributed by atoms with E-state index in [1.807, 2.05) is 31.2 Å². The molecule has 0 radical (unpaired) electrons. The van der Waals surface area contributed by atoms with Gasteiger partial charge in [-0.05, 0) is 25.3 Å². The van der Waals surface area contributed by atoms with Gasteiger partial charge in [-0.1, -0.05) is 36.2 Å². The molecule has 4 heteroatoms. The lowest BCUT2D eigenvalue weighted by Gasteiger charge is -2.27. The molecule has 1 aromatic rings. The first kappa shape index (κ1) is 13.6. The van der Waals surface area contributed by atoms with E-state index >= 15 is 0 Å². The Morgan fingerprint density at radius 2 is 1.95 bits per heavy atom. The number of carbonyl (C=O) groups excluding carboxylic acids is 1. The third kappa shape index (κ3) is 3.56. The normalized spacial score (nSPS) is 16.5. The summed E-state index contributed by atoms with van der Waals surface area (Å²) >= 11 is 0. The van der Waals surface area contributed by atoms with Crippen LogP contribution in [0.4, 0.5) is 0 Å². The van der Waals surface area contributed by atoms with Crippen molar-refractivity contribution in [2.75, 3.05) is 0 Å². The molecule has 1 amide bonds. The van der Waals surface area contributed by atoms with E-state index in [-0.39, 0.29) is 18.2 Å². The average molecular weight is 261 g/mol. The first-order valence-corrected chi connectivity index (χ1v) is 6.65. The predicted octanol–water partition coefficient (Wildman–Crippen LogP) is 2.43. The quantitative estimate of drug-likeness (QED) is 0.855. The van der Waals surface area contributed by atoms with Crippen LogP contribution in [0.15, 0.2) is 24.3 Å². The second kappa shape index (κ2) is 5.87. The summed E-state index contributed by atoms with van der Waals surface area (Å²) in [6.45, 7) is 1.98. The summed E-state index contributed by atoms with van der Waals surface area (Å²) in [4.78, 5) is 22.9. The number of carbonyl (C=O) groups is 2. The van der Waals surface area contributed by atoms with Crippen LogP contribution in [0.3, 0.4) is 0 Å². The first-order valence-electron chi connectivity index (χ1n) is 6.65. The topological polar surface area (TPSA) is 66.4 Å². The summed E-state index contributed by atoms with van der Waals surface area (Å²) in [6.07, 6.45) is 2.84. The Morgan fingerprint density at radius 3 is 2.42 bits per heavy atom. The molecular formula is C15H19NO3. The van der Waals surface area contributed by atoms with Gasteiger partial charge in [0.1, 0.15) is 0 Å². The molecule has 0 spiro atoms.